The van der Waals surface area contributed by atoms with Crippen LogP contribution in [0.4, 0.5) is 0 Å². The van der Waals surface area contributed by atoms with Crippen molar-refractivity contribution in [3.05, 3.63) is 64.8 Å². The van der Waals surface area contributed by atoms with Crippen LogP contribution in [0.1, 0.15) is 23.2 Å². The highest BCUT2D eigenvalue weighted by atomic mass is 79.9. The van der Waals surface area contributed by atoms with Crippen LogP contribution in [0.2, 0.25) is 0 Å². The smallest absolute Gasteiger partial charge is 0.252 e. The number of amides is 1. The van der Waals surface area contributed by atoms with E-state index in [0.717, 1.165) is 29.5 Å². The summed E-state index contributed by atoms with van der Waals surface area (Å²) in [7, 11) is 0. The Balaban J connectivity index is 1.56. The minimum absolute atomic E-state index is 0.103. The Morgan fingerprint density at radius 2 is 2.11 bits per heavy atom. The van der Waals surface area contributed by atoms with Crippen molar-refractivity contribution in [2.24, 2.45) is 0 Å². The number of nitrogens with one attached hydrogen (secondary N) is 1. The predicted octanol–water partition coefficient (Wildman–Crippen LogP) is 4.68. The highest BCUT2D eigenvalue weighted by Gasteiger charge is 2.20. The third-order valence-electron chi connectivity index (χ3n) is 4.53. The van der Waals surface area contributed by atoms with Crippen LogP contribution < -0.4 is 5.32 Å². The van der Waals surface area contributed by atoms with E-state index in [1.54, 1.807) is 12.3 Å². The summed E-state index contributed by atoms with van der Waals surface area (Å²) in [5.74, 6) is 0.928. The SMILES string of the molecule is O=C(NCC1CCCO1)c1ccccc1-c1ncc(-c2cccc(Br)c2)o1. The molecule has 1 saturated heterocycles. The third-order valence-corrected chi connectivity index (χ3v) is 5.02. The first kappa shape index (κ1) is 17.9. The maximum atomic E-state index is 12.7. The van der Waals surface area contributed by atoms with Gasteiger partial charge in [-0.3, -0.25) is 4.79 Å². The number of aromatic nitrogens is 1. The summed E-state index contributed by atoms with van der Waals surface area (Å²) in [4.78, 5) is 17.1. The van der Waals surface area contributed by atoms with Crippen molar-refractivity contribution in [3.63, 3.8) is 0 Å². The van der Waals surface area contributed by atoms with Gasteiger partial charge in [0.1, 0.15) is 0 Å². The standard InChI is InChI=1S/C21H19BrN2O3/c22-15-6-3-5-14(11-15)19-13-24-21(27-19)18-9-2-1-8-17(18)20(25)23-12-16-7-4-10-26-16/h1-3,5-6,8-9,11,13,16H,4,7,10,12H2,(H,23,25). The fourth-order valence-corrected chi connectivity index (χ4v) is 3.55. The van der Waals surface area contributed by atoms with Crippen LogP contribution in [0.5, 0.6) is 0 Å². The number of nitrogens with zero attached hydrogens (tertiary/aromatic N) is 1. The lowest BCUT2D eigenvalue weighted by molar-refractivity contribution is 0.0858. The predicted molar refractivity (Wildman–Crippen MR) is 106 cm³/mol. The molecule has 0 aliphatic carbocycles. The van der Waals surface area contributed by atoms with Crippen LogP contribution in [-0.2, 0) is 4.74 Å². The van der Waals surface area contributed by atoms with Crippen LogP contribution in [0.3, 0.4) is 0 Å². The fourth-order valence-electron chi connectivity index (χ4n) is 3.15. The number of carbonyl (C=O) groups is 1. The Hall–Kier alpha value is -2.44. The molecule has 0 bridgehead atoms. The molecular formula is C21H19BrN2O3. The van der Waals surface area contributed by atoms with E-state index >= 15 is 0 Å². The zero-order valence-electron chi connectivity index (χ0n) is 14.7. The van der Waals surface area contributed by atoms with Crippen molar-refractivity contribution < 1.29 is 13.9 Å². The minimum atomic E-state index is -0.150. The largest absolute Gasteiger partial charge is 0.436 e. The van der Waals surface area contributed by atoms with E-state index in [1.807, 2.05) is 42.5 Å². The molecule has 1 aromatic heterocycles. The van der Waals surface area contributed by atoms with Gasteiger partial charge in [0.15, 0.2) is 5.76 Å². The number of ether oxygens (including phenoxy) is 1. The van der Waals surface area contributed by atoms with Crippen LogP contribution in [0.25, 0.3) is 22.8 Å². The average molecular weight is 427 g/mol. The van der Waals surface area contributed by atoms with E-state index in [2.05, 4.69) is 26.2 Å². The molecule has 1 amide bonds. The molecule has 2 heterocycles. The number of hydrogen-bond donors (Lipinski definition) is 1. The van der Waals surface area contributed by atoms with Crippen LogP contribution in [0.15, 0.2) is 63.6 Å². The zero-order chi connectivity index (χ0) is 18.6. The average Bonchev–Trinajstić information content (AvgIpc) is 3.38. The van der Waals surface area contributed by atoms with Crippen molar-refractivity contribution in [1.82, 2.24) is 10.3 Å². The topological polar surface area (TPSA) is 64.4 Å². The summed E-state index contributed by atoms with van der Waals surface area (Å²) in [6.07, 6.45) is 3.81. The molecule has 4 rings (SSSR count). The quantitative estimate of drug-likeness (QED) is 0.642. The maximum absolute atomic E-state index is 12.7. The molecule has 0 saturated carbocycles. The molecule has 6 heteroatoms. The summed E-state index contributed by atoms with van der Waals surface area (Å²) in [5, 5.41) is 2.96. The van der Waals surface area contributed by atoms with E-state index < -0.39 is 0 Å². The molecule has 1 N–H and O–H groups in total. The van der Waals surface area contributed by atoms with Crippen molar-refractivity contribution in [2.75, 3.05) is 13.2 Å². The van der Waals surface area contributed by atoms with E-state index in [9.17, 15) is 4.79 Å². The molecule has 0 radical (unpaired) electrons. The number of halogens is 1. The van der Waals surface area contributed by atoms with Crippen LogP contribution >= 0.6 is 15.9 Å². The molecule has 2 aromatic carbocycles. The Kier molecular flexibility index (Phi) is 5.36. The first-order valence-electron chi connectivity index (χ1n) is 8.91. The van der Waals surface area contributed by atoms with Gasteiger partial charge in [0, 0.05) is 28.8 Å². The summed E-state index contributed by atoms with van der Waals surface area (Å²) < 4.78 is 12.5. The highest BCUT2D eigenvalue weighted by molar-refractivity contribution is 9.10. The zero-order valence-corrected chi connectivity index (χ0v) is 16.2. The molecule has 1 atom stereocenters. The molecule has 27 heavy (non-hydrogen) atoms. The van der Waals surface area contributed by atoms with Gasteiger partial charge < -0.3 is 14.5 Å². The lowest BCUT2D eigenvalue weighted by atomic mass is 10.1. The maximum Gasteiger partial charge on any atom is 0.252 e. The van der Waals surface area contributed by atoms with E-state index in [4.69, 9.17) is 9.15 Å². The molecule has 0 spiro atoms. The van der Waals surface area contributed by atoms with Crippen molar-refractivity contribution in [1.29, 1.82) is 0 Å². The summed E-state index contributed by atoms with van der Waals surface area (Å²) in [6, 6.07) is 15.1. The fraction of sp³-hybridized carbons (Fsp3) is 0.238. The molecule has 5 nitrogen and oxygen atoms in total. The molecule has 1 aliphatic heterocycles. The Labute approximate surface area is 165 Å². The number of oxazole rings is 1. The van der Waals surface area contributed by atoms with Crippen molar-refractivity contribution >= 4 is 21.8 Å². The van der Waals surface area contributed by atoms with Gasteiger partial charge in [0.2, 0.25) is 5.89 Å². The van der Waals surface area contributed by atoms with Crippen LogP contribution in [-0.4, -0.2) is 30.1 Å². The molecule has 1 aliphatic rings. The normalized spacial score (nSPS) is 16.4. The van der Waals surface area contributed by atoms with Gasteiger partial charge in [-0.05, 0) is 37.1 Å². The number of benzene rings is 2. The first-order chi connectivity index (χ1) is 13.2. The second-order valence-corrected chi connectivity index (χ2v) is 7.35. The summed E-state index contributed by atoms with van der Waals surface area (Å²) in [6.45, 7) is 1.29. The van der Waals surface area contributed by atoms with Crippen molar-refractivity contribution in [2.45, 2.75) is 18.9 Å². The highest BCUT2D eigenvalue weighted by Crippen LogP contribution is 2.29. The second kappa shape index (κ2) is 8.06. The van der Waals surface area contributed by atoms with Gasteiger partial charge in [0.25, 0.3) is 5.91 Å². The number of hydrogen-bond acceptors (Lipinski definition) is 4. The summed E-state index contributed by atoms with van der Waals surface area (Å²) >= 11 is 3.46. The Morgan fingerprint density at radius 1 is 1.22 bits per heavy atom. The minimum Gasteiger partial charge on any atom is -0.436 e. The molecule has 138 valence electrons. The van der Waals surface area contributed by atoms with Gasteiger partial charge in [-0.15, -0.1) is 0 Å². The lowest BCUT2D eigenvalue weighted by Gasteiger charge is -2.12. The van der Waals surface area contributed by atoms with E-state index in [0.29, 0.717) is 29.3 Å². The first-order valence-corrected chi connectivity index (χ1v) is 9.71. The van der Waals surface area contributed by atoms with Gasteiger partial charge in [0.05, 0.1) is 17.9 Å². The molecule has 1 unspecified atom stereocenters. The summed E-state index contributed by atoms with van der Waals surface area (Å²) in [5.41, 5.74) is 2.13. The van der Waals surface area contributed by atoms with E-state index in [-0.39, 0.29) is 12.0 Å². The van der Waals surface area contributed by atoms with E-state index in [1.165, 1.54) is 0 Å². The second-order valence-electron chi connectivity index (χ2n) is 6.43. The molecule has 1 fully saturated rings. The van der Waals surface area contributed by atoms with Gasteiger partial charge in [-0.1, -0.05) is 40.2 Å². The van der Waals surface area contributed by atoms with Crippen molar-refractivity contribution in [3.8, 4) is 22.8 Å². The lowest BCUT2D eigenvalue weighted by Crippen LogP contribution is -2.32. The molecular weight excluding hydrogens is 408 g/mol. The van der Waals surface area contributed by atoms with Crippen LogP contribution in [0, 0.1) is 0 Å². The third kappa shape index (κ3) is 4.12. The van der Waals surface area contributed by atoms with Gasteiger partial charge in [-0.2, -0.15) is 0 Å². The number of carbonyl (C=O) groups excluding carboxylic acids is 1. The van der Waals surface area contributed by atoms with Gasteiger partial charge in [-0.25, -0.2) is 4.98 Å². The monoisotopic (exact) mass is 426 g/mol. The number of rotatable bonds is 5. The Bertz CT molecular complexity index is 948. The van der Waals surface area contributed by atoms with Gasteiger partial charge >= 0.3 is 0 Å². The Morgan fingerprint density at radius 3 is 2.93 bits per heavy atom. The molecule has 3 aromatic rings.